The molecule has 1 N–H and O–H groups in total. The second-order valence-corrected chi connectivity index (χ2v) is 3.74. The van der Waals surface area contributed by atoms with E-state index in [1.54, 1.807) is 0 Å². The Bertz CT molecular complexity index is 308. The summed E-state index contributed by atoms with van der Waals surface area (Å²) in [7, 11) is 0. The van der Waals surface area contributed by atoms with Gasteiger partial charge >= 0.3 is 0 Å². The van der Waals surface area contributed by atoms with Crippen LogP contribution in [0.4, 0.5) is 5.69 Å². The lowest BCUT2D eigenvalue weighted by atomic mass is 10.1. The Morgan fingerprint density at radius 3 is 2.47 bits per heavy atom. The Hall–Kier alpha value is -1.49. The van der Waals surface area contributed by atoms with Crippen LogP contribution in [0, 0.1) is 11.5 Å². The lowest BCUT2D eigenvalue weighted by Crippen LogP contribution is -1.89. The number of nitrogens with zero attached hydrogens (tertiary/aromatic N) is 1. The van der Waals surface area contributed by atoms with Crippen molar-refractivity contribution in [2.24, 2.45) is 0 Å². The van der Waals surface area contributed by atoms with Crippen molar-refractivity contribution in [2.75, 3.05) is 5.32 Å². The summed E-state index contributed by atoms with van der Waals surface area (Å²) in [6.07, 6.45) is 8.25. The van der Waals surface area contributed by atoms with Crippen molar-refractivity contribution in [2.45, 2.75) is 39.0 Å². The van der Waals surface area contributed by atoms with Gasteiger partial charge in [-0.05, 0) is 30.5 Å². The van der Waals surface area contributed by atoms with Gasteiger partial charge in [0.05, 0.1) is 0 Å². The van der Waals surface area contributed by atoms with Gasteiger partial charge in [-0.2, -0.15) is 5.26 Å². The molecule has 0 amide bonds. The molecule has 0 bridgehead atoms. The lowest BCUT2D eigenvalue weighted by molar-refractivity contribution is 0.667. The highest BCUT2D eigenvalue weighted by Crippen LogP contribution is 2.12. The van der Waals surface area contributed by atoms with Crippen LogP contribution in [0.25, 0.3) is 0 Å². The first kappa shape index (κ1) is 11.6. The molecule has 80 valence electrons. The quantitative estimate of drug-likeness (QED) is 0.433. The predicted molar refractivity (Wildman–Crippen MR) is 63.5 cm³/mol. The number of rotatable bonds is 6. The second kappa shape index (κ2) is 6.89. The minimum Gasteiger partial charge on any atom is -0.293 e. The molecule has 0 spiro atoms. The van der Waals surface area contributed by atoms with Crippen molar-refractivity contribution in [1.82, 2.24) is 0 Å². The number of anilines is 1. The first-order valence-electron chi connectivity index (χ1n) is 5.61. The normalized spacial score (nSPS) is 9.60. The molecular formula is C13H18N2. The zero-order valence-corrected chi connectivity index (χ0v) is 9.29. The number of unbranched alkanes of at least 4 members (excludes halogenated alkanes) is 3. The number of nitrogens with one attached hydrogen (secondary N) is 1. The van der Waals surface area contributed by atoms with Crippen LogP contribution in [0.2, 0.25) is 0 Å². The fourth-order valence-electron chi connectivity index (χ4n) is 1.58. The van der Waals surface area contributed by atoms with Crippen molar-refractivity contribution in [3.8, 4) is 6.19 Å². The average molecular weight is 202 g/mol. The van der Waals surface area contributed by atoms with E-state index in [4.69, 9.17) is 5.26 Å². The molecule has 1 rings (SSSR count). The molecule has 1 aromatic carbocycles. The molecule has 2 nitrogen and oxygen atoms in total. The first-order valence-corrected chi connectivity index (χ1v) is 5.61. The van der Waals surface area contributed by atoms with Crippen molar-refractivity contribution in [3.63, 3.8) is 0 Å². The molecule has 0 radical (unpaired) electrons. The van der Waals surface area contributed by atoms with E-state index < -0.39 is 0 Å². The van der Waals surface area contributed by atoms with Crippen molar-refractivity contribution in [3.05, 3.63) is 29.8 Å². The molecule has 0 saturated heterocycles. The average Bonchev–Trinajstić information content (AvgIpc) is 2.27. The fourth-order valence-corrected chi connectivity index (χ4v) is 1.58. The molecule has 15 heavy (non-hydrogen) atoms. The number of benzene rings is 1. The maximum absolute atomic E-state index is 8.43. The van der Waals surface area contributed by atoms with Gasteiger partial charge in [0.25, 0.3) is 0 Å². The summed E-state index contributed by atoms with van der Waals surface area (Å²) < 4.78 is 0. The zero-order valence-electron chi connectivity index (χ0n) is 9.29. The van der Waals surface area contributed by atoms with Crippen molar-refractivity contribution < 1.29 is 0 Å². The van der Waals surface area contributed by atoms with Gasteiger partial charge < -0.3 is 0 Å². The van der Waals surface area contributed by atoms with Crippen LogP contribution in [0.5, 0.6) is 0 Å². The van der Waals surface area contributed by atoms with Crippen LogP contribution in [0.15, 0.2) is 24.3 Å². The zero-order chi connectivity index (χ0) is 10.9. The summed E-state index contributed by atoms with van der Waals surface area (Å²) in [5.74, 6) is 0. The molecule has 0 atom stereocenters. The van der Waals surface area contributed by atoms with Crippen molar-refractivity contribution in [1.29, 1.82) is 5.26 Å². The van der Waals surface area contributed by atoms with E-state index in [9.17, 15) is 0 Å². The largest absolute Gasteiger partial charge is 0.293 e. The minimum atomic E-state index is 0.870. The summed E-state index contributed by atoms with van der Waals surface area (Å²) in [5.41, 5.74) is 2.23. The van der Waals surface area contributed by atoms with Crippen LogP contribution < -0.4 is 5.32 Å². The second-order valence-electron chi connectivity index (χ2n) is 3.74. The van der Waals surface area contributed by atoms with E-state index >= 15 is 0 Å². The van der Waals surface area contributed by atoms with Gasteiger partial charge in [0.1, 0.15) is 0 Å². The highest BCUT2D eigenvalue weighted by atomic mass is 14.9. The third-order valence-corrected chi connectivity index (χ3v) is 2.47. The Labute approximate surface area is 91.9 Å². The lowest BCUT2D eigenvalue weighted by Gasteiger charge is -2.02. The van der Waals surface area contributed by atoms with E-state index in [1.165, 1.54) is 31.2 Å². The summed E-state index contributed by atoms with van der Waals surface area (Å²) in [6.45, 7) is 2.22. The minimum absolute atomic E-state index is 0.870. The van der Waals surface area contributed by atoms with Crippen LogP contribution in [0.3, 0.4) is 0 Å². The summed E-state index contributed by atoms with van der Waals surface area (Å²) in [6, 6.07) is 8.09. The van der Waals surface area contributed by atoms with E-state index in [1.807, 2.05) is 18.3 Å². The maximum atomic E-state index is 8.43. The van der Waals surface area contributed by atoms with E-state index in [-0.39, 0.29) is 0 Å². The molecule has 2 heteroatoms. The third-order valence-electron chi connectivity index (χ3n) is 2.47. The molecule has 0 heterocycles. The number of nitriles is 1. The third kappa shape index (κ3) is 4.51. The predicted octanol–water partition coefficient (Wildman–Crippen LogP) is 3.70. The van der Waals surface area contributed by atoms with Crippen LogP contribution in [-0.4, -0.2) is 0 Å². The molecule has 0 unspecified atom stereocenters. The van der Waals surface area contributed by atoms with Gasteiger partial charge in [0.15, 0.2) is 6.19 Å². The molecule has 0 aliphatic heterocycles. The SMILES string of the molecule is CCCCCCc1ccc(NC#N)cc1. The molecule has 0 aromatic heterocycles. The Morgan fingerprint density at radius 2 is 1.87 bits per heavy atom. The maximum Gasteiger partial charge on any atom is 0.181 e. The van der Waals surface area contributed by atoms with Gasteiger partial charge in [-0.1, -0.05) is 38.3 Å². The van der Waals surface area contributed by atoms with Crippen molar-refractivity contribution >= 4 is 5.69 Å². The number of hydrogen-bond acceptors (Lipinski definition) is 2. The van der Waals surface area contributed by atoms with E-state index in [0.29, 0.717) is 0 Å². The summed E-state index contributed by atoms with van der Waals surface area (Å²) in [4.78, 5) is 0. The Morgan fingerprint density at radius 1 is 1.13 bits per heavy atom. The van der Waals surface area contributed by atoms with Crippen LogP contribution in [0.1, 0.15) is 38.2 Å². The standard InChI is InChI=1S/C13H18N2/c1-2-3-4-5-6-12-7-9-13(10-8-12)15-11-14/h7-10,15H,2-6H2,1H3. The molecule has 0 saturated carbocycles. The highest BCUT2D eigenvalue weighted by Gasteiger charge is 1.94. The van der Waals surface area contributed by atoms with Crippen LogP contribution in [-0.2, 0) is 6.42 Å². The molecule has 0 aliphatic rings. The molecule has 0 aliphatic carbocycles. The molecule has 1 aromatic rings. The summed E-state index contributed by atoms with van der Waals surface area (Å²) in [5, 5.41) is 11.0. The topological polar surface area (TPSA) is 35.8 Å². The summed E-state index contributed by atoms with van der Waals surface area (Å²) >= 11 is 0. The Kier molecular flexibility index (Phi) is 5.32. The van der Waals surface area contributed by atoms with Gasteiger partial charge in [-0.3, -0.25) is 5.32 Å². The first-order chi connectivity index (χ1) is 7.36. The van der Waals surface area contributed by atoms with E-state index in [2.05, 4.69) is 24.4 Å². The number of hydrogen-bond donors (Lipinski definition) is 1. The van der Waals surface area contributed by atoms with Crippen LogP contribution >= 0.6 is 0 Å². The molecular weight excluding hydrogens is 184 g/mol. The fraction of sp³-hybridized carbons (Fsp3) is 0.462. The van der Waals surface area contributed by atoms with Gasteiger partial charge in [0, 0.05) is 5.69 Å². The van der Waals surface area contributed by atoms with Gasteiger partial charge in [0.2, 0.25) is 0 Å². The van der Waals surface area contributed by atoms with Gasteiger partial charge in [-0.25, -0.2) is 0 Å². The Balaban J connectivity index is 2.33. The monoisotopic (exact) mass is 202 g/mol. The smallest absolute Gasteiger partial charge is 0.181 e. The number of aryl methyl sites for hydroxylation is 1. The van der Waals surface area contributed by atoms with E-state index in [0.717, 1.165) is 12.1 Å². The van der Waals surface area contributed by atoms with Gasteiger partial charge in [-0.15, -0.1) is 0 Å². The molecule has 0 fully saturated rings. The highest BCUT2D eigenvalue weighted by molar-refractivity contribution is 5.47.